The van der Waals surface area contributed by atoms with Gasteiger partial charge in [-0.15, -0.1) is 12.4 Å². The van der Waals surface area contributed by atoms with Gasteiger partial charge in [0.1, 0.15) is 0 Å². The normalized spacial score (nSPS) is 17.4. The van der Waals surface area contributed by atoms with E-state index in [4.69, 9.17) is 0 Å². The molecule has 2 rings (SSSR count). The molecule has 0 aromatic carbocycles. The van der Waals surface area contributed by atoms with Crippen LogP contribution < -0.4 is 10.0 Å². The molecule has 0 spiro atoms. The molecule has 0 amide bonds. The quantitative estimate of drug-likeness (QED) is 0.564. The lowest BCUT2D eigenvalue weighted by atomic mass is 9.91. The third-order valence-corrected chi connectivity index (χ3v) is 2.64. The highest BCUT2D eigenvalue weighted by molar-refractivity contribution is 5.85. The van der Waals surface area contributed by atoms with Crippen LogP contribution in [0.4, 0.5) is 0 Å². The molecule has 1 aromatic heterocycles. The first kappa shape index (κ1) is 11.3. The Morgan fingerprint density at radius 1 is 1.21 bits per heavy atom. The number of nitrogens with zero attached hydrogens (tertiary/aromatic N) is 1. The van der Waals surface area contributed by atoms with Crippen LogP contribution in [-0.2, 0) is 0 Å². The fraction of sp³-hybridized carbons (Fsp3) is 0.500. The molecular formula is C10H15ClN2O. The van der Waals surface area contributed by atoms with Crippen molar-refractivity contribution in [2.24, 2.45) is 0 Å². The van der Waals surface area contributed by atoms with Crippen LogP contribution in [0.15, 0.2) is 24.5 Å². The molecule has 0 saturated carbocycles. The molecule has 0 unspecified atom stereocenters. The van der Waals surface area contributed by atoms with Crippen molar-refractivity contribution in [3.8, 4) is 0 Å². The summed E-state index contributed by atoms with van der Waals surface area (Å²) in [7, 11) is 0. The number of nitrogens with one attached hydrogen (secondary N) is 1. The zero-order chi connectivity index (χ0) is 9.10. The highest BCUT2D eigenvalue weighted by Gasteiger charge is 2.15. The van der Waals surface area contributed by atoms with Gasteiger partial charge in [0.25, 0.3) is 0 Å². The van der Waals surface area contributed by atoms with E-state index in [-0.39, 0.29) is 12.4 Å². The lowest BCUT2D eigenvalue weighted by Crippen LogP contribution is -2.28. The van der Waals surface area contributed by atoms with Crippen molar-refractivity contribution in [3.63, 3.8) is 0 Å². The Bertz CT molecular complexity index is 270. The second-order valence-electron chi connectivity index (χ2n) is 3.52. The van der Waals surface area contributed by atoms with E-state index in [0.717, 1.165) is 17.8 Å². The number of piperidine rings is 1. The Morgan fingerprint density at radius 2 is 1.79 bits per heavy atom. The average Bonchev–Trinajstić information content (AvgIpc) is 2.20. The minimum atomic E-state index is 0. The van der Waals surface area contributed by atoms with Gasteiger partial charge >= 0.3 is 0 Å². The lowest BCUT2D eigenvalue weighted by molar-refractivity contribution is -0.605. The maximum absolute atomic E-state index is 10.8. The molecule has 0 bridgehead atoms. The monoisotopic (exact) mass is 214 g/mol. The van der Waals surface area contributed by atoms with Crippen molar-refractivity contribution in [2.45, 2.75) is 18.8 Å². The third-order valence-electron chi connectivity index (χ3n) is 2.64. The lowest BCUT2D eigenvalue weighted by Gasteiger charge is -2.22. The van der Waals surface area contributed by atoms with E-state index in [9.17, 15) is 5.21 Å². The maximum Gasteiger partial charge on any atom is 0.180 e. The van der Waals surface area contributed by atoms with Gasteiger partial charge < -0.3 is 10.5 Å². The molecule has 1 aliphatic heterocycles. The van der Waals surface area contributed by atoms with Gasteiger partial charge in [-0.3, -0.25) is 0 Å². The van der Waals surface area contributed by atoms with Gasteiger partial charge in [0.05, 0.1) is 0 Å². The molecule has 1 saturated heterocycles. The van der Waals surface area contributed by atoms with E-state index >= 15 is 0 Å². The number of pyridine rings is 1. The summed E-state index contributed by atoms with van der Waals surface area (Å²) < 4.78 is 0.838. The van der Waals surface area contributed by atoms with Gasteiger partial charge in [-0.25, -0.2) is 0 Å². The van der Waals surface area contributed by atoms with Gasteiger partial charge in [0, 0.05) is 12.1 Å². The minimum Gasteiger partial charge on any atom is -0.619 e. The molecule has 1 aliphatic rings. The van der Waals surface area contributed by atoms with Crippen LogP contribution in [-0.4, -0.2) is 13.1 Å². The van der Waals surface area contributed by atoms with E-state index < -0.39 is 0 Å². The maximum atomic E-state index is 10.8. The Kier molecular flexibility index (Phi) is 4.17. The fourth-order valence-corrected chi connectivity index (χ4v) is 1.85. The summed E-state index contributed by atoms with van der Waals surface area (Å²) in [5.41, 5.74) is 1.30. The summed E-state index contributed by atoms with van der Waals surface area (Å²) in [5.74, 6) is 0.641. The predicted molar refractivity (Wildman–Crippen MR) is 57.5 cm³/mol. The number of halogens is 1. The van der Waals surface area contributed by atoms with Crippen molar-refractivity contribution in [2.75, 3.05) is 13.1 Å². The van der Waals surface area contributed by atoms with Gasteiger partial charge in [-0.05, 0) is 37.4 Å². The Balaban J connectivity index is 0.000000980. The molecule has 0 atom stereocenters. The van der Waals surface area contributed by atoms with E-state index in [1.54, 1.807) is 12.4 Å². The van der Waals surface area contributed by atoms with Crippen LogP contribution in [0, 0.1) is 5.21 Å². The smallest absolute Gasteiger partial charge is 0.180 e. The average molecular weight is 215 g/mol. The summed E-state index contributed by atoms with van der Waals surface area (Å²) >= 11 is 0. The molecule has 0 radical (unpaired) electrons. The van der Waals surface area contributed by atoms with Crippen molar-refractivity contribution in [3.05, 3.63) is 35.3 Å². The highest BCUT2D eigenvalue weighted by atomic mass is 35.5. The Labute approximate surface area is 90.1 Å². The first-order valence-electron chi connectivity index (χ1n) is 4.76. The molecular weight excluding hydrogens is 200 g/mol. The van der Waals surface area contributed by atoms with Crippen molar-refractivity contribution in [1.82, 2.24) is 5.32 Å². The number of aromatic nitrogens is 1. The molecule has 3 nitrogen and oxygen atoms in total. The predicted octanol–water partition coefficient (Wildman–Crippen LogP) is 1.21. The molecule has 0 aliphatic carbocycles. The largest absolute Gasteiger partial charge is 0.619 e. The standard InChI is InChI=1S/C10H14N2O.ClH/c13-12-7-3-10(4-8-12)9-1-5-11-6-2-9;/h3-4,7-9,11H,1-2,5-6H2;1H. The summed E-state index contributed by atoms with van der Waals surface area (Å²) in [6.07, 6.45) is 5.53. The van der Waals surface area contributed by atoms with Crippen LogP contribution >= 0.6 is 12.4 Å². The molecule has 4 heteroatoms. The molecule has 2 heterocycles. The first-order valence-corrected chi connectivity index (χ1v) is 4.76. The van der Waals surface area contributed by atoms with Crippen LogP contribution in [0.2, 0.25) is 0 Å². The summed E-state index contributed by atoms with van der Waals surface area (Å²) in [6, 6.07) is 3.87. The number of hydrogen-bond donors (Lipinski definition) is 1. The fourth-order valence-electron chi connectivity index (χ4n) is 1.85. The summed E-state index contributed by atoms with van der Waals surface area (Å²) in [6.45, 7) is 2.19. The molecule has 78 valence electrons. The molecule has 14 heavy (non-hydrogen) atoms. The number of hydrogen-bond acceptors (Lipinski definition) is 2. The summed E-state index contributed by atoms with van der Waals surface area (Å²) in [4.78, 5) is 0. The Morgan fingerprint density at radius 3 is 2.36 bits per heavy atom. The molecule has 1 N–H and O–H groups in total. The van der Waals surface area contributed by atoms with Crippen LogP contribution in [0.3, 0.4) is 0 Å². The van der Waals surface area contributed by atoms with Crippen LogP contribution in [0.5, 0.6) is 0 Å². The SMILES string of the molecule is Cl.[O-][n+]1ccc(C2CCNCC2)cc1. The highest BCUT2D eigenvalue weighted by Crippen LogP contribution is 2.23. The van der Waals surface area contributed by atoms with Crippen LogP contribution in [0.1, 0.15) is 24.3 Å². The van der Waals surface area contributed by atoms with E-state index in [0.29, 0.717) is 5.92 Å². The molecule has 1 aromatic rings. The van der Waals surface area contributed by atoms with Gasteiger partial charge in [-0.1, -0.05) is 0 Å². The van der Waals surface area contributed by atoms with Crippen molar-refractivity contribution < 1.29 is 4.73 Å². The summed E-state index contributed by atoms with van der Waals surface area (Å²) in [5, 5.41) is 14.1. The van der Waals surface area contributed by atoms with E-state index in [1.807, 2.05) is 12.1 Å². The third kappa shape index (κ3) is 2.59. The zero-order valence-corrected chi connectivity index (χ0v) is 8.80. The van der Waals surface area contributed by atoms with E-state index in [1.165, 1.54) is 18.4 Å². The first-order chi connectivity index (χ1) is 6.36. The second kappa shape index (κ2) is 5.17. The van der Waals surface area contributed by atoms with Crippen LogP contribution in [0.25, 0.3) is 0 Å². The van der Waals surface area contributed by atoms with Gasteiger partial charge in [0.15, 0.2) is 12.4 Å². The second-order valence-corrected chi connectivity index (χ2v) is 3.52. The molecule has 1 fully saturated rings. The van der Waals surface area contributed by atoms with Gasteiger partial charge in [-0.2, -0.15) is 4.73 Å². The van der Waals surface area contributed by atoms with Gasteiger partial charge in [0.2, 0.25) is 0 Å². The number of rotatable bonds is 1. The van der Waals surface area contributed by atoms with Crippen molar-refractivity contribution in [1.29, 1.82) is 0 Å². The zero-order valence-electron chi connectivity index (χ0n) is 7.98. The minimum absolute atomic E-state index is 0. The van der Waals surface area contributed by atoms with Crippen molar-refractivity contribution >= 4 is 12.4 Å². The Hall–Kier alpha value is -0.800. The topological polar surface area (TPSA) is 39.0 Å². The van der Waals surface area contributed by atoms with E-state index in [2.05, 4.69) is 5.32 Å².